The third-order valence-corrected chi connectivity index (χ3v) is 7.36. The molecule has 2 aromatic rings. The number of aliphatic hydroxyl groups excluding tert-OH is 1. The van der Waals surface area contributed by atoms with Crippen LogP contribution in [0.5, 0.6) is 0 Å². The second-order valence-electron chi connectivity index (χ2n) is 10.9. The van der Waals surface area contributed by atoms with Gasteiger partial charge < -0.3 is 47.7 Å². The molecule has 4 rings (SSSR count). The average Bonchev–Trinajstić information content (AvgIpc) is 3.06. The molecule has 2 fully saturated rings. The number of esters is 5. The molecule has 2 aromatic carbocycles. The Labute approximate surface area is 276 Å². The van der Waals surface area contributed by atoms with E-state index in [1.165, 1.54) is 7.11 Å². The maximum atomic E-state index is 13.2. The van der Waals surface area contributed by atoms with Gasteiger partial charge in [-0.3, -0.25) is 14.4 Å². The minimum Gasteiger partial charge on any atom is -0.463 e. The fourth-order valence-corrected chi connectivity index (χ4v) is 5.22. The fraction of sp³-hybridized carbons (Fsp3) is 0.485. The zero-order valence-electron chi connectivity index (χ0n) is 26.8. The topological polar surface area (TPSA) is 189 Å². The molecule has 0 spiro atoms. The van der Waals surface area contributed by atoms with Gasteiger partial charge in [0.15, 0.2) is 24.8 Å². The number of hydrogen-bond donors (Lipinski definition) is 1. The SMILES string of the molecule is COC1C[C@@H](OC(=O)c2ccccc2)[C@@H](O[C@H]2O[C@H](COC(C)=O)[C@H](OC(C)=O)[C@H](OC(C)=O)[C@H]2O)[C@@H](COC(=O)c2ccccc2)O1. The zero-order chi connectivity index (χ0) is 34.8. The molecule has 0 amide bonds. The van der Waals surface area contributed by atoms with E-state index in [-0.39, 0.29) is 17.5 Å². The predicted octanol–water partition coefficient (Wildman–Crippen LogP) is 1.73. The molecule has 0 saturated carbocycles. The second kappa shape index (κ2) is 17.1. The van der Waals surface area contributed by atoms with Crippen molar-refractivity contribution < 1.29 is 71.7 Å². The first-order chi connectivity index (χ1) is 23.0. The van der Waals surface area contributed by atoms with Crippen LogP contribution in [-0.4, -0.2) is 111 Å². The Kier molecular flexibility index (Phi) is 13.0. The minimum absolute atomic E-state index is 0.0496. The van der Waals surface area contributed by atoms with Gasteiger partial charge in [0.25, 0.3) is 0 Å². The first-order valence-electron chi connectivity index (χ1n) is 15.1. The second-order valence-corrected chi connectivity index (χ2v) is 10.9. The van der Waals surface area contributed by atoms with E-state index in [1.807, 2.05) is 0 Å². The summed E-state index contributed by atoms with van der Waals surface area (Å²) in [5, 5.41) is 11.4. The Bertz CT molecular complexity index is 1400. The molecule has 1 N–H and O–H groups in total. The lowest BCUT2D eigenvalue weighted by Crippen LogP contribution is -2.64. The van der Waals surface area contributed by atoms with E-state index >= 15 is 0 Å². The number of rotatable bonds is 12. The van der Waals surface area contributed by atoms with Gasteiger partial charge in [0.1, 0.15) is 43.7 Å². The van der Waals surface area contributed by atoms with Gasteiger partial charge in [0.2, 0.25) is 0 Å². The summed E-state index contributed by atoms with van der Waals surface area (Å²) in [7, 11) is 1.38. The number of carbonyl (C=O) groups excluding carboxylic acids is 5. The smallest absolute Gasteiger partial charge is 0.338 e. The number of aliphatic hydroxyl groups is 1. The summed E-state index contributed by atoms with van der Waals surface area (Å²) in [4.78, 5) is 61.8. The highest BCUT2D eigenvalue weighted by molar-refractivity contribution is 5.90. The largest absolute Gasteiger partial charge is 0.463 e. The van der Waals surface area contributed by atoms with Crippen molar-refractivity contribution in [2.45, 2.75) is 82.5 Å². The molecule has 1 unspecified atom stereocenters. The van der Waals surface area contributed by atoms with Crippen LogP contribution in [0.15, 0.2) is 60.7 Å². The summed E-state index contributed by atoms with van der Waals surface area (Å²) in [6.45, 7) is 2.44. The standard InChI is InChI=1S/C33H38O15/c1-18(34)41-16-25-29(43-19(2)35)30(44-20(3)36)27(37)33(47-25)48-28-23(46-32(39)22-13-9-6-10-14-22)15-26(40-4)45-24(28)17-42-31(38)21-11-7-5-8-12-21/h5-14,23-30,33,37H,15-17H2,1-4H3/t23-,24-,25-,26?,27-,28-,29+,30-,33-/m1/s1. The van der Waals surface area contributed by atoms with Gasteiger partial charge in [-0.25, -0.2) is 9.59 Å². The van der Waals surface area contributed by atoms with Crippen LogP contribution >= 0.6 is 0 Å². The summed E-state index contributed by atoms with van der Waals surface area (Å²) in [6.07, 6.45) is -12.2. The maximum Gasteiger partial charge on any atom is 0.338 e. The van der Waals surface area contributed by atoms with E-state index in [4.69, 9.17) is 42.6 Å². The zero-order valence-corrected chi connectivity index (χ0v) is 26.8. The molecule has 48 heavy (non-hydrogen) atoms. The molecule has 2 aliphatic rings. The van der Waals surface area contributed by atoms with Gasteiger partial charge >= 0.3 is 29.8 Å². The van der Waals surface area contributed by atoms with Crippen LogP contribution in [-0.2, 0) is 57.0 Å². The summed E-state index contributed by atoms with van der Waals surface area (Å²) in [6, 6.07) is 16.3. The van der Waals surface area contributed by atoms with E-state index in [0.29, 0.717) is 0 Å². The van der Waals surface area contributed by atoms with Crippen LogP contribution in [0, 0.1) is 0 Å². The van der Waals surface area contributed by atoms with E-state index in [2.05, 4.69) is 0 Å². The van der Waals surface area contributed by atoms with Gasteiger partial charge in [-0.1, -0.05) is 36.4 Å². The van der Waals surface area contributed by atoms with E-state index in [1.54, 1.807) is 60.7 Å². The van der Waals surface area contributed by atoms with Crippen LogP contribution in [0.1, 0.15) is 47.9 Å². The van der Waals surface area contributed by atoms with Crippen LogP contribution in [0.3, 0.4) is 0 Å². The molecule has 9 atom stereocenters. The van der Waals surface area contributed by atoms with Gasteiger partial charge in [0.05, 0.1) is 11.1 Å². The van der Waals surface area contributed by atoms with Crippen molar-refractivity contribution in [1.82, 2.24) is 0 Å². The van der Waals surface area contributed by atoms with Crippen molar-refractivity contribution in [3.8, 4) is 0 Å². The molecule has 2 heterocycles. The van der Waals surface area contributed by atoms with Crippen molar-refractivity contribution in [2.24, 2.45) is 0 Å². The normalized spacial score (nSPS) is 28.4. The van der Waals surface area contributed by atoms with Gasteiger partial charge in [-0.05, 0) is 24.3 Å². The van der Waals surface area contributed by atoms with Gasteiger partial charge in [0, 0.05) is 34.3 Å². The van der Waals surface area contributed by atoms with Gasteiger partial charge in [-0.15, -0.1) is 0 Å². The minimum atomic E-state index is -1.79. The Morgan fingerprint density at radius 2 is 1.23 bits per heavy atom. The molecule has 15 nitrogen and oxygen atoms in total. The van der Waals surface area contributed by atoms with Crippen molar-refractivity contribution in [1.29, 1.82) is 0 Å². The molecule has 2 aliphatic heterocycles. The molecule has 15 heteroatoms. The first-order valence-corrected chi connectivity index (χ1v) is 15.1. The summed E-state index contributed by atoms with van der Waals surface area (Å²) in [5.74, 6) is -3.69. The van der Waals surface area contributed by atoms with Crippen molar-refractivity contribution in [3.63, 3.8) is 0 Å². The maximum absolute atomic E-state index is 13.2. The van der Waals surface area contributed by atoms with Crippen molar-refractivity contribution in [3.05, 3.63) is 71.8 Å². The summed E-state index contributed by atoms with van der Waals surface area (Å²) < 4.78 is 50.8. The molecule has 0 bridgehead atoms. The van der Waals surface area contributed by atoms with Gasteiger partial charge in [-0.2, -0.15) is 0 Å². The highest BCUT2D eigenvalue weighted by Gasteiger charge is 2.53. The average molecular weight is 675 g/mol. The molecule has 0 aliphatic carbocycles. The van der Waals surface area contributed by atoms with E-state index < -0.39 is 98.4 Å². The predicted molar refractivity (Wildman–Crippen MR) is 160 cm³/mol. The van der Waals surface area contributed by atoms with Crippen LogP contribution in [0.25, 0.3) is 0 Å². The number of benzene rings is 2. The van der Waals surface area contributed by atoms with Crippen LogP contribution < -0.4 is 0 Å². The highest BCUT2D eigenvalue weighted by atomic mass is 16.7. The van der Waals surface area contributed by atoms with Crippen LogP contribution in [0.2, 0.25) is 0 Å². The van der Waals surface area contributed by atoms with E-state index in [0.717, 1.165) is 20.8 Å². The number of ether oxygens (including phenoxy) is 9. The molecular formula is C33H38O15. The Hall–Kier alpha value is -4.41. The Morgan fingerprint density at radius 1 is 0.688 bits per heavy atom. The molecule has 260 valence electrons. The number of hydrogen-bond acceptors (Lipinski definition) is 15. The molecule has 2 saturated heterocycles. The quantitative estimate of drug-likeness (QED) is 0.253. The number of carbonyl (C=O) groups is 5. The third-order valence-electron chi connectivity index (χ3n) is 7.36. The fourth-order valence-electron chi connectivity index (χ4n) is 5.22. The monoisotopic (exact) mass is 674 g/mol. The first kappa shape index (κ1) is 36.4. The Morgan fingerprint density at radius 3 is 1.79 bits per heavy atom. The van der Waals surface area contributed by atoms with Crippen molar-refractivity contribution >= 4 is 29.8 Å². The van der Waals surface area contributed by atoms with Crippen LogP contribution in [0.4, 0.5) is 0 Å². The molecule has 0 aromatic heterocycles. The highest BCUT2D eigenvalue weighted by Crippen LogP contribution is 2.33. The third kappa shape index (κ3) is 9.81. The van der Waals surface area contributed by atoms with Crippen molar-refractivity contribution in [2.75, 3.05) is 20.3 Å². The molecular weight excluding hydrogens is 636 g/mol. The summed E-state index contributed by atoms with van der Waals surface area (Å²) in [5.41, 5.74) is 0.500. The van der Waals surface area contributed by atoms with E-state index in [9.17, 15) is 29.1 Å². The lowest BCUT2D eigenvalue weighted by Gasteiger charge is -2.46. The summed E-state index contributed by atoms with van der Waals surface area (Å²) >= 11 is 0. The number of methoxy groups -OCH3 is 1. The Balaban J connectivity index is 1.66. The molecule has 0 radical (unpaired) electrons. The lowest BCUT2D eigenvalue weighted by molar-refractivity contribution is -0.344. The lowest BCUT2D eigenvalue weighted by atomic mass is 9.97.